The van der Waals surface area contributed by atoms with Gasteiger partial charge >= 0.3 is 0 Å². The van der Waals surface area contributed by atoms with Crippen LogP contribution in [0.5, 0.6) is 0 Å². The van der Waals surface area contributed by atoms with Crippen molar-refractivity contribution in [2.45, 2.75) is 46.6 Å². The topological polar surface area (TPSA) is 0 Å². The number of rotatable bonds is 3. The number of hydrogen-bond donors (Lipinski definition) is 0. The first-order valence-corrected chi connectivity index (χ1v) is 12.1. The van der Waals surface area contributed by atoms with Gasteiger partial charge in [-0.2, -0.15) is 0 Å². The molecule has 0 saturated carbocycles. The Kier molecular flexibility index (Phi) is 4.36. The summed E-state index contributed by atoms with van der Waals surface area (Å²) in [7, 11) is 0.850. The average molecular weight is 395 g/mol. The Balaban J connectivity index is 1.71. The van der Waals surface area contributed by atoms with E-state index in [0.29, 0.717) is 11.3 Å². The fourth-order valence-electron chi connectivity index (χ4n) is 5.62. The van der Waals surface area contributed by atoms with Crippen LogP contribution in [0, 0.1) is 16.7 Å². The van der Waals surface area contributed by atoms with Gasteiger partial charge in [0.1, 0.15) is 0 Å². The van der Waals surface area contributed by atoms with Gasteiger partial charge in [-0.1, -0.05) is 99.6 Å². The second kappa shape index (κ2) is 6.70. The molecule has 0 fully saturated rings. The molecule has 0 nitrogen and oxygen atoms in total. The van der Waals surface area contributed by atoms with Gasteiger partial charge in [0.25, 0.3) is 0 Å². The van der Waals surface area contributed by atoms with Crippen LogP contribution in [0.1, 0.15) is 40.5 Å². The van der Waals surface area contributed by atoms with Crippen LogP contribution in [0.3, 0.4) is 0 Å². The molecule has 29 heavy (non-hydrogen) atoms. The van der Waals surface area contributed by atoms with Gasteiger partial charge in [0.15, 0.2) is 0 Å². The monoisotopic (exact) mass is 394 g/mol. The SMILES string of the molecule is CC1(C)C=C2C(=C3C(=c4ccccc4=CC3(C)C)C2C[Si]c2ccccc2)CC1. The lowest BCUT2D eigenvalue weighted by atomic mass is 9.73. The predicted octanol–water partition coefficient (Wildman–Crippen LogP) is 4.78. The van der Waals surface area contributed by atoms with Gasteiger partial charge in [-0.25, -0.2) is 0 Å². The average Bonchev–Trinajstić information content (AvgIpc) is 3.00. The van der Waals surface area contributed by atoms with Gasteiger partial charge in [-0.3, -0.25) is 0 Å². The molecular formula is C28H30Si. The van der Waals surface area contributed by atoms with E-state index in [1.807, 2.05) is 0 Å². The lowest BCUT2D eigenvalue weighted by Gasteiger charge is -2.31. The molecule has 0 bridgehead atoms. The number of allylic oxidation sites excluding steroid dienone is 4. The van der Waals surface area contributed by atoms with Gasteiger partial charge < -0.3 is 0 Å². The Morgan fingerprint density at radius 1 is 0.897 bits per heavy atom. The highest BCUT2D eigenvalue weighted by Crippen LogP contribution is 2.56. The van der Waals surface area contributed by atoms with Crippen LogP contribution >= 0.6 is 0 Å². The predicted molar refractivity (Wildman–Crippen MR) is 126 cm³/mol. The van der Waals surface area contributed by atoms with Crippen molar-refractivity contribution in [3.63, 3.8) is 0 Å². The van der Waals surface area contributed by atoms with Crippen LogP contribution < -0.4 is 15.6 Å². The third-order valence-corrected chi connectivity index (χ3v) is 8.26. The summed E-state index contributed by atoms with van der Waals surface area (Å²) in [4.78, 5) is 0. The molecule has 0 spiro atoms. The second-order valence-electron chi connectivity index (χ2n) is 10.1. The minimum absolute atomic E-state index is 0.101. The van der Waals surface area contributed by atoms with Gasteiger partial charge in [0.05, 0.1) is 9.52 Å². The quantitative estimate of drug-likeness (QED) is 0.657. The summed E-state index contributed by atoms with van der Waals surface area (Å²) in [6.07, 6.45) is 7.62. The van der Waals surface area contributed by atoms with Gasteiger partial charge in [0.2, 0.25) is 0 Å². The van der Waals surface area contributed by atoms with E-state index in [-0.39, 0.29) is 5.41 Å². The zero-order chi connectivity index (χ0) is 20.2. The standard InChI is InChI=1S/C28H30Si/c1-27(2)15-14-22-23(17-27)24(18-29-20-11-6-5-7-12-20)25-21-13-9-8-10-19(21)16-28(3,4)26(22)25/h5-13,16-17,24H,14-15,18H2,1-4H3. The highest BCUT2D eigenvalue weighted by molar-refractivity contribution is 6.53. The first-order valence-electron chi connectivity index (χ1n) is 10.9. The van der Waals surface area contributed by atoms with Crippen molar-refractivity contribution >= 4 is 26.4 Å². The molecule has 2 aromatic rings. The molecule has 0 saturated heterocycles. The van der Waals surface area contributed by atoms with Crippen molar-refractivity contribution in [3.05, 3.63) is 87.8 Å². The Bertz CT molecular complexity index is 1140. The molecule has 0 amide bonds. The van der Waals surface area contributed by atoms with Crippen LogP contribution in [0.4, 0.5) is 0 Å². The maximum Gasteiger partial charge on any atom is 0.0817 e. The molecule has 2 radical (unpaired) electrons. The van der Waals surface area contributed by atoms with Gasteiger partial charge in [0, 0.05) is 11.3 Å². The molecule has 0 aromatic heterocycles. The summed E-state index contributed by atoms with van der Waals surface area (Å²) in [6.45, 7) is 9.67. The van der Waals surface area contributed by atoms with Crippen LogP contribution in [-0.4, -0.2) is 9.52 Å². The molecule has 0 N–H and O–H groups in total. The molecule has 3 aliphatic rings. The van der Waals surface area contributed by atoms with Crippen LogP contribution in [0.15, 0.2) is 77.4 Å². The Labute approximate surface area is 177 Å². The fraction of sp³-hybridized carbons (Fsp3) is 0.357. The summed E-state index contributed by atoms with van der Waals surface area (Å²) < 4.78 is 0. The third-order valence-electron chi connectivity index (χ3n) is 6.90. The van der Waals surface area contributed by atoms with Crippen molar-refractivity contribution in [2.24, 2.45) is 16.7 Å². The largest absolute Gasteiger partial charge is 0.0817 e. The number of fused-ring (bicyclic) bond motifs is 3. The first kappa shape index (κ1) is 18.9. The van der Waals surface area contributed by atoms with E-state index in [4.69, 9.17) is 0 Å². The van der Waals surface area contributed by atoms with E-state index in [2.05, 4.69) is 94.4 Å². The molecule has 1 unspecified atom stereocenters. The molecule has 2 aromatic carbocycles. The van der Waals surface area contributed by atoms with Crippen molar-refractivity contribution < 1.29 is 0 Å². The Morgan fingerprint density at radius 3 is 2.41 bits per heavy atom. The second-order valence-corrected chi connectivity index (χ2v) is 11.4. The van der Waals surface area contributed by atoms with E-state index in [1.54, 1.807) is 22.3 Å². The molecule has 0 heterocycles. The lowest BCUT2D eigenvalue weighted by Crippen LogP contribution is -2.37. The maximum atomic E-state index is 2.63. The summed E-state index contributed by atoms with van der Waals surface area (Å²) in [6, 6.07) is 21.4. The minimum atomic E-state index is 0.101. The molecule has 146 valence electrons. The van der Waals surface area contributed by atoms with Crippen LogP contribution in [-0.2, 0) is 0 Å². The van der Waals surface area contributed by atoms with Crippen LogP contribution in [0.25, 0.3) is 11.6 Å². The molecular weight excluding hydrogens is 364 g/mol. The number of hydrogen-bond acceptors (Lipinski definition) is 0. The molecule has 5 rings (SSSR count). The van der Waals surface area contributed by atoms with E-state index in [1.165, 1.54) is 34.5 Å². The molecule has 0 aliphatic heterocycles. The summed E-state index contributed by atoms with van der Waals surface area (Å²) in [5, 5.41) is 4.38. The van der Waals surface area contributed by atoms with Crippen molar-refractivity contribution in [1.29, 1.82) is 0 Å². The van der Waals surface area contributed by atoms with Crippen molar-refractivity contribution in [2.75, 3.05) is 0 Å². The van der Waals surface area contributed by atoms with Gasteiger partial charge in [-0.05, 0) is 57.0 Å². The van der Waals surface area contributed by atoms with E-state index in [0.717, 1.165) is 9.52 Å². The normalized spacial score (nSPS) is 23.7. The van der Waals surface area contributed by atoms with E-state index in [9.17, 15) is 0 Å². The van der Waals surface area contributed by atoms with Crippen LogP contribution in [0.2, 0.25) is 6.04 Å². The zero-order valence-corrected chi connectivity index (χ0v) is 19.0. The molecule has 1 atom stereocenters. The van der Waals surface area contributed by atoms with Crippen molar-refractivity contribution in [1.82, 2.24) is 0 Å². The minimum Gasteiger partial charge on any atom is -0.0747 e. The Hall–Kier alpha value is -2.12. The Morgan fingerprint density at radius 2 is 1.62 bits per heavy atom. The smallest absolute Gasteiger partial charge is 0.0747 e. The lowest BCUT2D eigenvalue weighted by molar-refractivity contribution is 0.418. The molecule has 1 heteroatoms. The van der Waals surface area contributed by atoms with E-state index >= 15 is 0 Å². The third kappa shape index (κ3) is 3.20. The van der Waals surface area contributed by atoms with Crippen molar-refractivity contribution in [3.8, 4) is 0 Å². The number of benzene rings is 2. The maximum absolute atomic E-state index is 2.63. The summed E-state index contributed by atoms with van der Waals surface area (Å²) >= 11 is 0. The first-order chi connectivity index (χ1) is 13.9. The summed E-state index contributed by atoms with van der Waals surface area (Å²) in [5.41, 5.74) is 6.99. The highest BCUT2D eigenvalue weighted by Gasteiger charge is 2.43. The van der Waals surface area contributed by atoms with E-state index < -0.39 is 0 Å². The highest BCUT2D eigenvalue weighted by atomic mass is 28.2. The van der Waals surface area contributed by atoms with Gasteiger partial charge in [-0.15, -0.1) is 0 Å². The summed E-state index contributed by atoms with van der Waals surface area (Å²) in [5.74, 6) is 0.534. The fourth-order valence-corrected chi connectivity index (χ4v) is 6.91. The zero-order valence-electron chi connectivity index (χ0n) is 18.0. The molecule has 3 aliphatic carbocycles.